The topological polar surface area (TPSA) is 188 Å². The minimum absolute atomic E-state index is 0.0979. The summed E-state index contributed by atoms with van der Waals surface area (Å²) in [5.41, 5.74) is 0. The SMILES string of the molecule is O=S(=O)([O-])O[C@@H](CO)[C@@H](O)[C@H](O)C[S+]1C[C@@H](O)[C@H](O)[C@H]1CO. The minimum Gasteiger partial charge on any atom is -0.726 e. The van der Waals surface area contributed by atoms with Crippen molar-refractivity contribution in [1.82, 2.24) is 0 Å². The first-order valence-electron chi connectivity index (χ1n) is 6.35. The fourth-order valence-corrected chi connectivity index (χ4v) is 5.37. The average molecular weight is 364 g/mol. The molecule has 10 nitrogen and oxygen atoms in total. The van der Waals surface area contributed by atoms with Gasteiger partial charge in [-0.2, -0.15) is 0 Å². The van der Waals surface area contributed by atoms with Crippen LogP contribution in [-0.2, 0) is 25.5 Å². The second-order valence-electron chi connectivity index (χ2n) is 4.93. The van der Waals surface area contributed by atoms with E-state index in [1.165, 1.54) is 0 Å². The van der Waals surface area contributed by atoms with Crippen LogP contribution in [0.1, 0.15) is 0 Å². The molecule has 1 unspecified atom stereocenters. The van der Waals surface area contributed by atoms with Crippen LogP contribution in [0.15, 0.2) is 0 Å². The molecule has 1 saturated heterocycles. The fourth-order valence-electron chi connectivity index (χ4n) is 2.20. The minimum atomic E-state index is -5.17. The highest BCUT2D eigenvalue weighted by Crippen LogP contribution is 2.25. The van der Waals surface area contributed by atoms with Gasteiger partial charge in [-0.15, -0.1) is 0 Å². The van der Waals surface area contributed by atoms with Crippen LogP contribution in [0.5, 0.6) is 0 Å². The van der Waals surface area contributed by atoms with Gasteiger partial charge in [-0.3, -0.25) is 4.18 Å². The van der Waals surface area contributed by atoms with E-state index < -0.39 is 70.3 Å². The van der Waals surface area contributed by atoms with E-state index in [0.717, 1.165) is 0 Å². The van der Waals surface area contributed by atoms with Crippen LogP contribution in [0.4, 0.5) is 0 Å². The maximum absolute atomic E-state index is 10.5. The zero-order valence-corrected chi connectivity index (χ0v) is 13.1. The molecule has 0 bridgehead atoms. The summed E-state index contributed by atoms with van der Waals surface area (Å²) in [6.07, 6.45) is -7.50. The quantitative estimate of drug-likeness (QED) is 0.139. The molecule has 6 N–H and O–H groups in total. The summed E-state index contributed by atoms with van der Waals surface area (Å²) >= 11 is 0. The predicted molar refractivity (Wildman–Crippen MR) is 73.7 cm³/mol. The van der Waals surface area contributed by atoms with Crippen molar-refractivity contribution in [3.63, 3.8) is 0 Å². The molecule has 0 radical (unpaired) electrons. The normalized spacial score (nSPS) is 33.6. The molecule has 22 heavy (non-hydrogen) atoms. The first kappa shape index (κ1) is 20.0. The molecule has 1 heterocycles. The zero-order valence-electron chi connectivity index (χ0n) is 11.4. The van der Waals surface area contributed by atoms with E-state index in [2.05, 4.69) is 4.18 Å². The Morgan fingerprint density at radius 2 is 1.86 bits per heavy atom. The molecule has 1 aliphatic rings. The average Bonchev–Trinajstić information content (AvgIpc) is 2.68. The molecular formula is C10H20O10S2. The van der Waals surface area contributed by atoms with E-state index in [9.17, 15) is 38.5 Å². The van der Waals surface area contributed by atoms with Gasteiger partial charge in [0.25, 0.3) is 0 Å². The molecule has 0 aromatic heterocycles. The van der Waals surface area contributed by atoms with Gasteiger partial charge in [0, 0.05) is 10.9 Å². The largest absolute Gasteiger partial charge is 0.726 e. The monoisotopic (exact) mass is 364 g/mol. The third-order valence-corrected chi connectivity index (χ3v) is 6.66. The van der Waals surface area contributed by atoms with Crippen molar-refractivity contribution in [2.24, 2.45) is 0 Å². The molecule has 132 valence electrons. The first-order chi connectivity index (χ1) is 10.1. The lowest BCUT2D eigenvalue weighted by Gasteiger charge is -2.26. The molecule has 0 amide bonds. The summed E-state index contributed by atoms with van der Waals surface area (Å²) in [6, 6.07) is 0. The number of rotatable bonds is 8. The van der Waals surface area contributed by atoms with E-state index in [-0.39, 0.29) is 11.5 Å². The summed E-state index contributed by atoms with van der Waals surface area (Å²) in [5.74, 6) is -0.0695. The molecule has 0 saturated carbocycles. The smallest absolute Gasteiger partial charge is 0.218 e. The molecule has 1 aliphatic heterocycles. The van der Waals surface area contributed by atoms with Crippen LogP contribution >= 0.6 is 0 Å². The molecule has 0 aliphatic carbocycles. The summed E-state index contributed by atoms with van der Waals surface area (Å²) in [4.78, 5) is 0. The van der Waals surface area contributed by atoms with Crippen molar-refractivity contribution in [2.75, 3.05) is 24.7 Å². The molecular weight excluding hydrogens is 344 g/mol. The lowest BCUT2D eigenvalue weighted by atomic mass is 10.1. The lowest BCUT2D eigenvalue weighted by molar-refractivity contribution is -0.0587. The summed E-state index contributed by atoms with van der Waals surface area (Å²) in [5, 5.41) is 56.3. The molecule has 12 heteroatoms. The molecule has 1 fully saturated rings. The van der Waals surface area contributed by atoms with Crippen LogP contribution in [0, 0.1) is 0 Å². The van der Waals surface area contributed by atoms with Crippen molar-refractivity contribution in [3.05, 3.63) is 0 Å². The van der Waals surface area contributed by atoms with E-state index in [1.54, 1.807) is 0 Å². The van der Waals surface area contributed by atoms with E-state index in [1.807, 2.05) is 0 Å². The van der Waals surface area contributed by atoms with Crippen LogP contribution in [0.2, 0.25) is 0 Å². The maximum atomic E-state index is 10.5. The highest BCUT2D eigenvalue weighted by molar-refractivity contribution is 7.97. The molecule has 0 aromatic carbocycles. The maximum Gasteiger partial charge on any atom is 0.218 e. The van der Waals surface area contributed by atoms with E-state index in [0.29, 0.717) is 0 Å². The summed E-state index contributed by atoms with van der Waals surface area (Å²) in [7, 11) is -6.02. The van der Waals surface area contributed by atoms with E-state index in [4.69, 9.17) is 5.11 Å². The first-order valence-corrected chi connectivity index (χ1v) is 9.31. The van der Waals surface area contributed by atoms with Gasteiger partial charge in [0.2, 0.25) is 10.4 Å². The van der Waals surface area contributed by atoms with Crippen molar-refractivity contribution in [1.29, 1.82) is 0 Å². The van der Waals surface area contributed by atoms with Crippen LogP contribution in [-0.4, -0.2) is 104 Å². The molecule has 7 atom stereocenters. The number of hydrogen-bond donors (Lipinski definition) is 6. The van der Waals surface area contributed by atoms with Crippen molar-refractivity contribution in [3.8, 4) is 0 Å². The number of aliphatic hydroxyl groups excluding tert-OH is 6. The van der Waals surface area contributed by atoms with Gasteiger partial charge < -0.3 is 35.2 Å². The van der Waals surface area contributed by atoms with Gasteiger partial charge in [0.15, 0.2) is 5.25 Å². The Morgan fingerprint density at radius 1 is 1.27 bits per heavy atom. The standard InChI is InChI=1S/C10H20O10S2/c11-1-7(20-22(17,18)19)9(15)5(13)3-21-4-6(14)10(16)8(21)2-12/h5-16H,1-4H2/t5-,6-,7+,8-,9+,10+,21?/m1/s1. The Kier molecular flexibility index (Phi) is 7.45. The van der Waals surface area contributed by atoms with Gasteiger partial charge in [-0.25, -0.2) is 8.42 Å². The van der Waals surface area contributed by atoms with Crippen LogP contribution in [0.25, 0.3) is 0 Å². The van der Waals surface area contributed by atoms with E-state index >= 15 is 0 Å². The van der Waals surface area contributed by atoms with Gasteiger partial charge in [-0.1, -0.05) is 0 Å². The number of aliphatic hydroxyl groups is 6. The van der Waals surface area contributed by atoms with Crippen molar-refractivity contribution >= 4 is 21.3 Å². The van der Waals surface area contributed by atoms with Gasteiger partial charge in [0.1, 0.15) is 42.0 Å². The fraction of sp³-hybridized carbons (Fsp3) is 1.00. The Labute approximate surface area is 130 Å². The van der Waals surface area contributed by atoms with Gasteiger partial charge >= 0.3 is 0 Å². The third-order valence-electron chi connectivity index (χ3n) is 3.35. The third kappa shape index (κ3) is 5.26. The molecule has 0 aromatic rings. The highest BCUT2D eigenvalue weighted by Gasteiger charge is 2.50. The molecule has 0 spiro atoms. The Balaban J connectivity index is 2.68. The summed E-state index contributed by atoms with van der Waals surface area (Å²) in [6.45, 7) is -1.44. The number of hydrogen-bond acceptors (Lipinski definition) is 10. The second kappa shape index (κ2) is 8.19. The van der Waals surface area contributed by atoms with Gasteiger partial charge in [-0.05, 0) is 0 Å². The Hall–Kier alpha value is -0.0200. The Morgan fingerprint density at radius 3 is 2.32 bits per heavy atom. The predicted octanol–water partition coefficient (Wildman–Crippen LogP) is -4.74. The Bertz CT molecular complexity index is 443. The van der Waals surface area contributed by atoms with Crippen molar-refractivity contribution in [2.45, 2.75) is 35.8 Å². The van der Waals surface area contributed by atoms with Crippen LogP contribution < -0.4 is 0 Å². The van der Waals surface area contributed by atoms with Gasteiger partial charge in [0.05, 0.1) is 13.2 Å². The van der Waals surface area contributed by atoms with Crippen LogP contribution in [0.3, 0.4) is 0 Å². The highest BCUT2D eigenvalue weighted by atomic mass is 32.3. The van der Waals surface area contributed by atoms with Crippen molar-refractivity contribution < 1.29 is 47.8 Å². The second-order valence-corrected chi connectivity index (χ2v) is 8.29. The zero-order chi connectivity index (χ0) is 17.1. The molecule has 1 rings (SSSR count). The summed E-state index contributed by atoms with van der Waals surface area (Å²) < 4.78 is 35.4. The lowest BCUT2D eigenvalue weighted by Crippen LogP contribution is -2.47.